The Morgan fingerprint density at radius 1 is 1.20 bits per heavy atom. The topological polar surface area (TPSA) is 110 Å². The van der Waals surface area contributed by atoms with Crippen molar-refractivity contribution in [1.82, 2.24) is 5.43 Å². The van der Waals surface area contributed by atoms with Crippen molar-refractivity contribution in [3.05, 3.63) is 56.7 Å². The van der Waals surface area contributed by atoms with Crippen LogP contribution in [-0.2, 0) is 4.79 Å². The van der Waals surface area contributed by atoms with Gasteiger partial charge in [0.2, 0.25) is 0 Å². The van der Waals surface area contributed by atoms with E-state index in [0.717, 1.165) is 14.3 Å². The van der Waals surface area contributed by atoms with Crippen molar-refractivity contribution in [3.63, 3.8) is 0 Å². The van der Waals surface area contributed by atoms with Gasteiger partial charge in [0.25, 0.3) is 0 Å². The molecular formula is C20H16Br2N2O6. The molecule has 2 aromatic carbocycles. The third kappa shape index (κ3) is 5.00. The Bertz CT molecular complexity index is 1140. The first-order valence-electron chi connectivity index (χ1n) is 8.58. The molecule has 0 bridgehead atoms. The minimum atomic E-state index is -1.09. The number of carbonyl (C=O) groups is 2. The van der Waals surface area contributed by atoms with E-state index in [4.69, 9.17) is 19.0 Å². The molecule has 8 nitrogen and oxygen atoms in total. The molecule has 3 rings (SSSR count). The molecule has 30 heavy (non-hydrogen) atoms. The number of hydrazone groups is 1. The van der Waals surface area contributed by atoms with E-state index in [9.17, 15) is 9.59 Å². The Morgan fingerprint density at radius 3 is 2.67 bits per heavy atom. The molecule has 0 saturated carbocycles. The molecule has 3 aromatic rings. The van der Waals surface area contributed by atoms with Crippen LogP contribution in [-0.4, -0.2) is 36.4 Å². The van der Waals surface area contributed by atoms with E-state index in [-0.39, 0.29) is 11.5 Å². The predicted molar refractivity (Wildman–Crippen MR) is 117 cm³/mol. The van der Waals surface area contributed by atoms with Crippen LogP contribution in [0.15, 0.2) is 54.9 Å². The molecule has 0 radical (unpaired) electrons. The standard InChI is InChI=1S/C20H16Br2N2O6/c1-10(20(26)27)29-15-4-3-11(5-16(15)28-2)9-23-24-19(25)17-7-12-6-13(21)8-14(22)18(12)30-17/h3-10H,1-2H3,(H,24,25)(H,26,27)/b23-9-/t10-/m0/s1. The van der Waals surface area contributed by atoms with Crippen LogP contribution in [0, 0.1) is 0 Å². The minimum absolute atomic E-state index is 0.116. The van der Waals surface area contributed by atoms with Gasteiger partial charge in [0.05, 0.1) is 17.8 Å². The van der Waals surface area contributed by atoms with Gasteiger partial charge in [-0.15, -0.1) is 0 Å². The molecule has 1 aromatic heterocycles. The second-order valence-electron chi connectivity index (χ2n) is 6.12. The Morgan fingerprint density at radius 2 is 1.97 bits per heavy atom. The highest BCUT2D eigenvalue weighted by atomic mass is 79.9. The number of hydrogen-bond donors (Lipinski definition) is 2. The Balaban J connectivity index is 1.71. The zero-order valence-electron chi connectivity index (χ0n) is 15.8. The predicted octanol–water partition coefficient (Wildman–Crippen LogP) is 4.58. The molecule has 0 saturated heterocycles. The first-order chi connectivity index (χ1) is 14.3. The molecule has 0 unspecified atom stereocenters. The number of halogens is 2. The lowest BCUT2D eigenvalue weighted by Crippen LogP contribution is -2.23. The molecule has 0 aliphatic rings. The summed E-state index contributed by atoms with van der Waals surface area (Å²) in [7, 11) is 1.44. The van der Waals surface area contributed by atoms with E-state index in [1.165, 1.54) is 20.2 Å². The van der Waals surface area contributed by atoms with Crippen molar-refractivity contribution < 1.29 is 28.6 Å². The van der Waals surface area contributed by atoms with Gasteiger partial charge in [0.1, 0.15) is 5.58 Å². The van der Waals surface area contributed by atoms with E-state index in [0.29, 0.717) is 16.9 Å². The number of nitrogens with zero attached hydrogens (tertiary/aromatic N) is 1. The zero-order chi connectivity index (χ0) is 21.8. The Labute approximate surface area is 188 Å². The molecule has 2 N–H and O–H groups in total. The van der Waals surface area contributed by atoms with Gasteiger partial charge in [0, 0.05) is 9.86 Å². The summed E-state index contributed by atoms with van der Waals surface area (Å²) in [4.78, 5) is 23.3. The highest BCUT2D eigenvalue weighted by Crippen LogP contribution is 2.31. The van der Waals surface area contributed by atoms with Crippen molar-refractivity contribution >= 4 is 60.9 Å². The molecule has 1 amide bonds. The maximum atomic E-state index is 12.3. The Kier molecular flexibility index (Phi) is 6.78. The van der Waals surface area contributed by atoms with Crippen LogP contribution >= 0.6 is 31.9 Å². The first kappa shape index (κ1) is 21.8. The lowest BCUT2D eigenvalue weighted by Gasteiger charge is -2.13. The van der Waals surface area contributed by atoms with Crippen LogP contribution in [0.1, 0.15) is 23.0 Å². The summed E-state index contributed by atoms with van der Waals surface area (Å²) in [6.07, 6.45) is 0.391. The maximum Gasteiger partial charge on any atom is 0.344 e. The van der Waals surface area contributed by atoms with Gasteiger partial charge in [-0.2, -0.15) is 5.10 Å². The SMILES string of the molecule is COc1cc(/C=N\NC(=O)c2cc3cc(Br)cc(Br)c3o2)ccc1O[C@@H](C)C(=O)O. The fourth-order valence-corrected chi connectivity index (χ4v) is 3.85. The zero-order valence-corrected chi connectivity index (χ0v) is 19.0. The average molecular weight is 540 g/mol. The number of fused-ring (bicyclic) bond motifs is 1. The second-order valence-corrected chi connectivity index (χ2v) is 7.89. The summed E-state index contributed by atoms with van der Waals surface area (Å²) < 4.78 is 17.7. The van der Waals surface area contributed by atoms with Crippen LogP contribution in [0.4, 0.5) is 0 Å². The molecule has 10 heteroatoms. The van der Waals surface area contributed by atoms with E-state index in [1.807, 2.05) is 12.1 Å². The van der Waals surface area contributed by atoms with Crippen molar-refractivity contribution in [1.29, 1.82) is 0 Å². The highest BCUT2D eigenvalue weighted by molar-refractivity contribution is 9.11. The van der Waals surface area contributed by atoms with Crippen LogP contribution in [0.3, 0.4) is 0 Å². The normalized spacial score (nSPS) is 12.1. The quantitative estimate of drug-likeness (QED) is 0.336. The molecular weight excluding hydrogens is 524 g/mol. The number of carboxylic acid groups (broad SMARTS) is 1. The van der Waals surface area contributed by atoms with Crippen LogP contribution in [0.25, 0.3) is 11.0 Å². The molecule has 0 aliphatic heterocycles. The van der Waals surface area contributed by atoms with Gasteiger partial charge in [-0.1, -0.05) is 15.9 Å². The van der Waals surface area contributed by atoms with Crippen LogP contribution < -0.4 is 14.9 Å². The monoisotopic (exact) mass is 538 g/mol. The summed E-state index contributed by atoms with van der Waals surface area (Å²) in [5, 5.41) is 13.7. The summed E-state index contributed by atoms with van der Waals surface area (Å²) in [5.41, 5.74) is 3.57. The van der Waals surface area contributed by atoms with Crippen molar-refractivity contribution in [2.24, 2.45) is 5.10 Å². The average Bonchev–Trinajstić information content (AvgIpc) is 3.13. The summed E-state index contributed by atoms with van der Waals surface area (Å²) in [6.45, 7) is 1.42. The Hall–Kier alpha value is -2.85. The van der Waals surface area contributed by atoms with Crippen LogP contribution in [0.2, 0.25) is 0 Å². The highest BCUT2D eigenvalue weighted by Gasteiger charge is 2.16. The number of amides is 1. The lowest BCUT2D eigenvalue weighted by atomic mass is 10.2. The number of furan rings is 1. The fourth-order valence-electron chi connectivity index (χ4n) is 2.51. The van der Waals surface area contributed by atoms with Gasteiger partial charge >= 0.3 is 11.9 Å². The van der Waals surface area contributed by atoms with E-state index in [1.54, 1.807) is 24.3 Å². The number of nitrogens with one attached hydrogen (secondary N) is 1. The van der Waals surface area contributed by atoms with E-state index >= 15 is 0 Å². The van der Waals surface area contributed by atoms with E-state index in [2.05, 4.69) is 42.4 Å². The number of aliphatic carboxylic acids is 1. The number of carbonyl (C=O) groups excluding carboxylic acids is 1. The van der Waals surface area contributed by atoms with Gasteiger partial charge < -0.3 is 19.0 Å². The molecule has 0 aliphatic carbocycles. The van der Waals surface area contributed by atoms with Gasteiger partial charge in [-0.3, -0.25) is 4.79 Å². The summed E-state index contributed by atoms with van der Waals surface area (Å²) in [6, 6.07) is 10.1. The smallest absolute Gasteiger partial charge is 0.344 e. The number of rotatable bonds is 7. The summed E-state index contributed by atoms with van der Waals surface area (Å²) in [5.74, 6) is -0.855. The fraction of sp³-hybridized carbons (Fsp3) is 0.150. The molecule has 0 fully saturated rings. The molecule has 1 heterocycles. The van der Waals surface area contributed by atoms with Crippen molar-refractivity contribution in [2.75, 3.05) is 7.11 Å². The van der Waals surface area contributed by atoms with Gasteiger partial charge in [-0.05, 0) is 64.8 Å². The number of benzene rings is 2. The van der Waals surface area contributed by atoms with Gasteiger partial charge in [-0.25, -0.2) is 10.2 Å². The maximum absolute atomic E-state index is 12.3. The second kappa shape index (κ2) is 9.31. The third-order valence-corrected chi connectivity index (χ3v) is 5.03. The van der Waals surface area contributed by atoms with Crippen molar-refractivity contribution in [3.8, 4) is 11.5 Å². The number of carboxylic acids is 1. The first-order valence-corrected chi connectivity index (χ1v) is 10.2. The van der Waals surface area contributed by atoms with Crippen LogP contribution in [0.5, 0.6) is 11.5 Å². The number of ether oxygens (including phenoxy) is 2. The van der Waals surface area contributed by atoms with E-state index < -0.39 is 18.0 Å². The molecule has 156 valence electrons. The largest absolute Gasteiger partial charge is 0.493 e. The molecule has 0 spiro atoms. The minimum Gasteiger partial charge on any atom is -0.493 e. The van der Waals surface area contributed by atoms with Crippen molar-refractivity contribution in [2.45, 2.75) is 13.0 Å². The number of methoxy groups -OCH3 is 1. The van der Waals surface area contributed by atoms with Gasteiger partial charge in [0.15, 0.2) is 23.4 Å². The summed E-state index contributed by atoms with van der Waals surface area (Å²) >= 11 is 6.79. The number of hydrogen-bond acceptors (Lipinski definition) is 6. The third-order valence-electron chi connectivity index (χ3n) is 3.98. The lowest BCUT2D eigenvalue weighted by molar-refractivity contribution is -0.144. The molecule has 1 atom stereocenters.